The van der Waals surface area contributed by atoms with Gasteiger partial charge in [0.05, 0.1) is 23.6 Å². The molecule has 0 spiro atoms. The highest BCUT2D eigenvalue weighted by molar-refractivity contribution is 7.91. The molecule has 9 nitrogen and oxygen atoms in total. The monoisotopic (exact) mass is 774 g/mol. The molecule has 0 bridgehead atoms. The van der Waals surface area contributed by atoms with Gasteiger partial charge in [-0.2, -0.15) is 0 Å². The predicted octanol–water partition coefficient (Wildman–Crippen LogP) is 6.83. The highest BCUT2D eigenvalue weighted by Gasteiger charge is 2.70. The lowest BCUT2D eigenvalue weighted by molar-refractivity contribution is -0.224. The number of carbonyl (C=O) groups is 2. The zero-order chi connectivity index (χ0) is 39.2. The first kappa shape index (κ1) is 39.3. The lowest BCUT2D eigenvalue weighted by Gasteiger charge is -2.73. The number of rotatable bonds is 8. The van der Waals surface area contributed by atoms with E-state index >= 15 is 0 Å². The molecule has 1 aromatic rings. The standard InChI is InChI=1S/C45H66N4O5S/c1-30(49-22-7-8-38(49)50)33-28-46-29-45(47-21-23-48-24-26-55(53,54)27-25-48)20-19-43(5)35(39(33)45)13-14-37-42(4)17-15-34(31-9-11-32(12-10-31)40(51)52)41(2,3)36(42)16-18-44(37,43)6/h9-12,15,28,30,33,35-37,39,47H,7-8,13-14,16-27,29H2,1-6H3,(H,51,52). The normalized spacial score (nSPS) is 41.3. The molecule has 1 aromatic carbocycles. The Bertz CT molecular complexity index is 1850. The molecule has 10 atom stereocenters. The second kappa shape index (κ2) is 13.8. The number of hydrogen-bond donors (Lipinski definition) is 2. The summed E-state index contributed by atoms with van der Waals surface area (Å²) in [6.07, 6.45) is 14.4. The smallest absolute Gasteiger partial charge is 0.335 e. The maximum atomic E-state index is 13.2. The molecule has 302 valence electrons. The number of carboxylic acid groups (broad SMARTS) is 1. The first-order valence-electron chi connectivity index (χ1n) is 21.5. The van der Waals surface area contributed by atoms with E-state index in [4.69, 9.17) is 4.99 Å². The maximum Gasteiger partial charge on any atom is 0.335 e. The van der Waals surface area contributed by atoms with E-state index in [2.05, 4.69) is 68.9 Å². The van der Waals surface area contributed by atoms with E-state index < -0.39 is 15.8 Å². The zero-order valence-electron chi connectivity index (χ0n) is 34.3. The van der Waals surface area contributed by atoms with Gasteiger partial charge >= 0.3 is 5.97 Å². The number of sulfone groups is 1. The molecule has 2 saturated heterocycles. The van der Waals surface area contributed by atoms with Crippen LogP contribution in [0, 0.1) is 51.2 Å². The Morgan fingerprint density at radius 3 is 2.36 bits per heavy atom. The van der Waals surface area contributed by atoms with E-state index in [-0.39, 0.29) is 56.6 Å². The van der Waals surface area contributed by atoms with Gasteiger partial charge in [-0.05, 0) is 127 Å². The molecule has 55 heavy (non-hydrogen) atoms. The molecule has 2 N–H and O–H groups in total. The molecule has 3 heterocycles. The van der Waals surface area contributed by atoms with Gasteiger partial charge < -0.3 is 20.2 Å². The molecule has 10 heteroatoms. The molecule has 0 aromatic heterocycles. The fraction of sp³-hybridized carbons (Fsp3) is 0.756. The Labute approximate surface area is 330 Å². The fourth-order valence-corrected chi connectivity index (χ4v) is 15.9. The van der Waals surface area contributed by atoms with Crippen molar-refractivity contribution in [3.8, 4) is 0 Å². The van der Waals surface area contributed by atoms with Crippen molar-refractivity contribution < 1.29 is 23.1 Å². The number of aromatic carboxylic acids is 1. The summed E-state index contributed by atoms with van der Waals surface area (Å²) < 4.78 is 24.3. The lowest BCUT2D eigenvalue weighted by atomic mass is 9.32. The van der Waals surface area contributed by atoms with Crippen molar-refractivity contribution in [3.05, 3.63) is 41.5 Å². The zero-order valence-corrected chi connectivity index (χ0v) is 35.1. The Hall–Kier alpha value is -2.56. The van der Waals surface area contributed by atoms with Crippen LogP contribution in [0.25, 0.3) is 5.57 Å². The van der Waals surface area contributed by atoms with Crippen molar-refractivity contribution in [2.45, 2.75) is 111 Å². The number of benzene rings is 1. The minimum atomic E-state index is -2.92. The molecule has 10 unspecified atom stereocenters. The van der Waals surface area contributed by atoms with Crippen LogP contribution < -0.4 is 5.32 Å². The van der Waals surface area contributed by atoms with Crippen molar-refractivity contribution in [3.63, 3.8) is 0 Å². The molecule has 8 rings (SSSR count). The number of carboxylic acids is 1. The van der Waals surface area contributed by atoms with Crippen molar-refractivity contribution in [1.82, 2.24) is 15.1 Å². The van der Waals surface area contributed by atoms with E-state index in [1.807, 2.05) is 12.1 Å². The molecular weight excluding hydrogens is 709 g/mol. The van der Waals surface area contributed by atoms with Gasteiger partial charge in [0.15, 0.2) is 9.84 Å². The number of nitrogens with zero attached hydrogens (tertiary/aromatic N) is 3. The van der Waals surface area contributed by atoms with Crippen molar-refractivity contribution in [2.24, 2.45) is 56.2 Å². The maximum absolute atomic E-state index is 13.2. The van der Waals surface area contributed by atoms with Crippen molar-refractivity contribution in [2.75, 3.05) is 50.8 Å². The van der Waals surface area contributed by atoms with Gasteiger partial charge in [0, 0.05) is 62.9 Å². The van der Waals surface area contributed by atoms with Crippen LogP contribution in [0.1, 0.15) is 115 Å². The largest absolute Gasteiger partial charge is 0.478 e. The Kier molecular flexibility index (Phi) is 9.84. The van der Waals surface area contributed by atoms with E-state index in [0.29, 0.717) is 48.7 Å². The number of likely N-dealkylation sites (tertiary alicyclic amines) is 1. The number of allylic oxidation sites excluding steroid dienone is 2. The summed E-state index contributed by atoms with van der Waals surface area (Å²) in [5.74, 6) is 2.08. The van der Waals surface area contributed by atoms with E-state index in [1.165, 1.54) is 31.3 Å². The van der Waals surface area contributed by atoms with Gasteiger partial charge in [0.25, 0.3) is 0 Å². The number of fused-ring (bicyclic) bond motifs is 7. The highest BCUT2D eigenvalue weighted by atomic mass is 32.2. The molecule has 7 aliphatic rings. The van der Waals surface area contributed by atoms with Crippen LogP contribution in [0.5, 0.6) is 0 Å². The molecule has 3 saturated carbocycles. The SMILES string of the molecule is CC(C1C=NCC2(NCCN3CCS(=O)(=O)CC3)CCC3(C)C(CCC4C5(C)CC=C(c6ccc(C(=O)O)cc6)C(C)(C)C5CCC43C)C12)N1CCCC1=O. The summed E-state index contributed by atoms with van der Waals surface area (Å²) >= 11 is 0. The lowest BCUT2D eigenvalue weighted by Crippen LogP contribution is -2.72. The molecular formula is C45H66N4O5S. The Balaban J connectivity index is 1.10. The minimum Gasteiger partial charge on any atom is -0.478 e. The predicted molar refractivity (Wildman–Crippen MR) is 219 cm³/mol. The minimum absolute atomic E-state index is 0.0381. The molecule has 3 aliphatic heterocycles. The average Bonchev–Trinajstić information content (AvgIpc) is 3.57. The van der Waals surface area contributed by atoms with Crippen LogP contribution in [-0.4, -0.2) is 104 Å². The number of nitrogens with one attached hydrogen (secondary N) is 1. The second-order valence-corrected chi connectivity index (χ2v) is 22.5. The van der Waals surface area contributed by atoms with E-state index in [0.717, 1.165) is 57.4 Å². The molecule has 4 aliphatic carbocycles. The van der Waals surface area contributed by atoms with Crippen molar-refractivity contribution in [1.29, 1.82) is 0 Å². The summed E-state index contributed by atoms with van der Waals surface area (Å²) in [6.45, 7) is 19.6. The summed E-state index contributed by atoms with van der Waals surface area (Å²) in [7, 11) is -2.92. The third-order valence-corrected chi connectivity index (χ3v) is 19.3. The fourth-order valence-electron chi connectivity index (χ4n) is 14.6. The van der Waals surface area contributed by atoms with E-state index in [9.17, 15) is 23.1 Å². The topological polar surface area (TPSA) is 119 Å². The van der Waals surface area contributed by atoms with Gasteiger partial charge in [-0.25, -0.2) is 13.2 Å². The highest BCUT2D eigenvalue weighted by Crippen LogP contribution is 2.76. The molecule has 5 fully saturated rings. The second-order valence-electron chi connectivity index (χ2n) is 20.2. The summed E-state index contributed by atoms with van der Waals surface area (Å²) in [4.78, 5) is 34.5. The van der Waals surface area contributed by atoms with Gasteiger partial charge in [-0.1, -0.05) is 52.8 Å². The third kappa shape index (κ3) is 6.20. The number of hydrogen-bond acceptors (Lipinski definition) is 7. The third-order valence-electron chi connectivity index (χ3n) is 17.7. The van der Waals surface area contributed by atoms with Gasteiger partial charge in [0.2, 0.25) is 5.91 Å². The molecule has 1 amide bonds. The van der Waals surface area contributed by atoms with E-state index in [1.54, 1.807) is 12.1 Å². The van der Waals surface area contributed by atoms with Crippen molar-refractivity contribution >= 4 is 33.5 Å². The average molecular weight is 775 g/mol. The van der Waals surface area contributed by atoms with Gasteiger partial charge in [0.1, 0.15) is 0 Å². The van der Waals surface area contributed by atoms with Crippen LogP contribution in [0.15, 0.2) is 35.3 Å². The van der Waals surface area contributed by atoms with Crippen LogP contribution >= 0.6 is 0 Å². The van der Waals surface area contributed by atoms with Crippen LogP contribution in [0.3, 0.4) is 0 Å². The number of carbonyl (C=O) groups excluding carboxylic acids is 1. The van der Waals surface area contributed by atoms with Gasteiger partial charge in [-0.15, -0.1) is 0 Å². The molecule has 0 radical (unpaired) electrons. The first-order chi connectivity index (χ1) is 26.0. The quantitative estimate of drug-likeness (QED) is 0.297. The first-order valence-corrected chi connectivity index (χ1v) is 23.3. The summed E-state index contributed by atoms with van der Waals surface area (Å²) in [6, 6.07) is 7.64. The van der Waals surface area contributed by atoms with Crippen LogP contribution in [0.4, 0.5) is 0 Å². The van der Waals surface area contributed by atoms with Crippen LogP contribution in [0.2, 0.25) is 0 Å². The Morgan fingerprint density at radius 1 is 0.964 bits per heavy atom. The Morgan fingerprint density at radius 2 is 1.69 bits per heavy atom. The number of amides is 1. The van der Waals surface area contributed by atoms with Crippen LogP contribution in [-0.2, 0) is 14.6 Å². The number of aliphatic imine (C=N–C) groups is 1. The van der Waals surface area contributed by atoms with Gasteiger partial charge in [-0.3, -0.25) is 9.79 Å². The summed E-state index contributed by atoms with van der Waals surface area (Å²) in [5.41, 5.74) is 3.13. The summed E-state index contributed by atoms with van der Waals surface area (Å²) in [5, 5.41) is 13.7.